The fraction of sp³-hybridized carbons (Fsp3) is 0.800. The van der Waals surface area contributed by atoms with Gasteiger partial charge in [0.15, 0.2) is 0 Å². The molecule has 0 atom stereocenters. The average Bonchev–Trinajstić information content (AvgIpc) is 2.81. The van der Waals surface area contributed by atoms with E-state index >= 15 is 0 Å². The molecule has 5 rings (SSSR count). The SMILES string of the molecule is Cc1noc(C)c1CCCNC(=O)CC12CC3CC(CC(C3)C1)C2. The third kappa shape index (κ3) is 3.12. The van der Waals surface area contributed by atoms with Crippen LogP contribution in [-0.4, -0.2) is 17.6 Å². The molecule has 4 saturated carbocycles. The zero-order valence-electron chi connectivity index (χ0n) is 15.1. The highest BCUT2D eigenvalue weighted by atomic mass is 16.5. The van der Waals surface area contributed by atoms with Crippen LogP contribution in [0.25, 0.3) is 0 Å². The maximum atomic E-state index is 12.5. The summed E-state index contributed by atoms with van der Waals surface area (Å²) >= 11 is 0. The average molecular weight is 330 g/mol. The third-order valence-electron chi connectivity index (χ3n) is 6.81. The van der Waals surface area contributed by atoms with E-state index in [0.29, 0.717) is 5.41 Å². The van der Waals surface area contributed by atoms with Crippen LogP contribution in [0.4, 0.5) is 0 Å². The van der Waals surface area contributed by atoms with Crippen molar-refractivity contribution in [2.24, 2.45) is 23.2 Å². The van der Waals surface area contributed by atoms with Crippen molar-refractivity contribution in [3.8, 4) is 0 Å². The van der Waals surface area contributed by atoms with Crippen molar-refractivity contribution in [1.82, 2.24) is 10.5 Å². The van der Waals surface area contributed by atoms with Crippen molar-refractivity contribution in [3.63, 3.8) is 0 Å². The molecule has 0 radical (unpaired) electrons. The van der Waals surface area contributed by atoms with Crippen LogP contribution in [0.2, 0.25) is 0 Å². The van der Waals surface area contributed by atoms with Crippen LogP contribution in [0.5, 0.6) is 0 Å². The normalized spacial score (nSPS) is 33.8. The van der Waals surface area contributed by atoms with Gasteiger partial charge in [-0.1, -0.05) is 5.16 Å². The molecule has 1 heterocycles. The molecule has 0 spiro atoms. The smallest absolute Gasteiger partial charge is 0.220 e. The topological polar surface area (TPSA) is 55.1 Å². The largest absolute Gasteiger partial charge is 0.361 e. The Morgan fingerprint density at radius 2 is 1.79 bits per heavy atom. The molecule has 1 aromatic heterocycles. The molecule has 1 amide bonds. The molecule has 1 aromatic rings. The number of nitrogens with zero attached hydrogens (tertiary/aromatic N) is 1. The van der Waals surface area contributed by atoms with Crippen molar-refractivity contribution >= 4 is 5.91 Å². The molecule has 4 heteroatoms. The fourth-order valence-electron chi connectivity index (χ4n) is 6.26. The minimum atomic E-state index is 0.274. The van der Waals surface area contributed by atoms with Gasteiger partial charge in [0.25, 0.3) is 0 Å². The van der Waals surface area contributed by atoms with Crippen LogP contribution in [-0.2, 0) is 11.2 Å². The molecule has 4 bridgehead atoms. The van der Waals surface area contributed by atoms with E-state index in [1.165, 1.54) is 44.1 Å². The standard InChI is InChI=1S/C20H30N2O2/c1-13-18(14(2)24-22-13)4-3-5-21-19(23)12-20-9-15-6-16(10-20)8-17(7-15)11-20/h15-17H,3-12H2,1-2H3,(H,21,23). The Balaban J connectivity index is 1.24. The molecule has 24 heavy (non-hydrogen) atoms. The maximum Gasteiger partial charge on any atom is 0.220 e. The summed E-state index contributed by atoms with van der Waals surface area (Å²) in [6, 6.07) is 0. The zero-order valence-corrected chi connectivity index (χ0v) is 15.1. The Labute approximate surface area is 144 Å². The second-order valence-corrected chi connectivity index (χ2v) is 8.85. The molecule has 4 aliphatic carbocycles. The van der Waals surface area contributed by atoms with Gasteiger partial charge < -0.3 is 9.84 Å². The fourth-order valence-corrected chi connectivity index (χ4v) is 6.26. The van der Waals surface area contributed by atoms with Crippen LogP contribution in [0.3, 0.4) is 0 Å². The number of aromatic nitrogens is 1. The Kier molecular flexibility index (Phi) is 4.17. The van der Waals surface area contributed by atoms with Gasteiger partial charge in [-0.15, -0.1) is 0 Å². The highest BCUT2D eigenvalue weighted by Crippen LogP contribution is 2.61. The molecular formula is C20H30N2O2. The lowest BCUT2D eigenvalue weighted by molar-refractivity contribution is -0.129. The first-order chi connectivity index (χ1) is 11.5. The number of amides is 1. The van der Waals surface area contributed by atoms with E-state index in [-0.39, 0.29) is 5.91 Å². The maximum absolute atomic E-state index is 12.5. The molecule has 4 aliphatic rings. The number of carbonyl (C=O) groups excluding carboxylic acids is 1. The number of aryl methyl sites for hydroxylation is 2. The van der Waals surface area contributed by atoms with Gasteiger partial charge in [-0.25, -0.2) is 0 Å². The first kappa shape index (κ1) is 16.2. The predicted octanol–water partition coefficient (Wildman–Crippen LogP) is 3.95. The van der Waals surface area contributed by atoms with E-state index in [1.807, 2.05) is 13.8 Å². The highest BCUT2D eigenvalue weighted by molar-refractivity contribution is 5.76. The minimum Gasteiger partial charge on any atom is -0.361 e. The van der Waals surface area contributed by atoms with Gasteiger partial charge in [0.05, 0.1) is 5.69 Å². The number of hydrogen-bond donors (Lipinski definition) is 1. The van der Waals surface area contributed by atoms with E-state index in [0.717, 1.165) is 55.0 Å². The lowest BCUT2D eigenvalue weighted by Gasteiger charge is -2.56. The van der Waals surface area contributed by atoms with Crippen molar-refractivity contribution in [2.45, 2.75) is 71.6 Å². The van der Waals surface area contributed by atoms with Crippen molar-refractivity contribution in [1.29, 1.82) is 0 Å². The summed E-state index contributed by atoms with van der Waals surface area (Å²) in [4.78, 5) is 12.5. The summed E-state index contributed by atoms with van der Waals surface area (Å²) < 4.78 is 5.19. The third-order valence-corrected chi connectivity index (χ3v) is 6.81. The van der Waals surface area contributed by atoms with Crippen LogP contribution in [0, 0.1) is 37.0 Å². The second kappa shape index (κ2) is 6.20. The number of nitrogens with one attached hydrogen (secondary N) is 1. The Morgan fingerprint density at radius 3 is 2.33 bits per heavy atom. The van der Waals surface area contributed by atoms with E-state index in [4.69, 9.17) is 4.52 Å². The number of hydrogen-bond acceptors (Lipinski definition) is 3. The van der Waals surface area contributed by atoms with Crippen LogP contribution in [0.15, 0.2) is 4.52 Å². The monoisotopic (exact) mass is 330 g/mol. The zero-order chi connectivity index (χ0) is 16.7. The minimum absolute atomic E-state index is 0.274. The lowest BCUT2D eigenvalue weighted by Crippen LogP contribution is -2.48. The molecule has 0 aliphatic heterocycles. The first-order valence-corrected chi connectivity index (χ1v) is 9.71. The number of carbonyl (C=O) groups is 1. The Morgan fingerprint density at radius 1 is 1.17 bits per heavy atom. The molecule has 0 aromatic carbocycles. The van der Waals surface area contributed by atoms with Gasteiger partial charge in [0.1, 0.15) is 5.76 Å². The van der Waals surface area contributed by atoms with Crippen LogP contribution >= 0.6 is 0 Å². The van der Waals surface area contributed by atoms with E-state index in [2.05, 4.69) is 10.5 Å². The lowest BCUT2D eigenvalue weighted by atomic mass is 9.49. The van der Waals surface area contributed by atoms with Crippen molar-refractivity contribution in [2.75, 3.05) is 6.54 Å². The quantitative estimate of drug-likeness (QED) is 0.804. The predicted molar refractivity (Wildman–Crippen MR) is 92.5 cm³/mol. The highest BCUT2D eigenvalue weighted by Gasteiger charge is 2.51. The first-order valence-electron chi connectivity index (χ1n) is 9.71. The number of rotatable bonds is 6. The molecule has 0 unspecified atom stereocenters. The summed E-state index contributed by atoms with van der Waals surface area (Å²) in [6.45, 7) is 4.70. The summed E-state index contributed by atoms with van der Waals surface area (Å²) in [5.41, 5.74) is 2.53. The Bertz CT molecular complexity index is 564. The molecular weight excluding hydrogens is 300 g/mol. The van der Waals surface area contributed by atoms with Crippen molar-refractivity contribution < 1.29 is 9.32 Å². The van der Waals surface area contributed by atoms with Crippen LogP contribution < -0.4 is 5.32 Å². The molecule has 1 N–H and O–H groups in total. The summed E-state index contributed by atoms with van der Waals surface area (Å²) in [5.74, 6) is 3.94. The summed E-state index contributed by atoms with van der Waals surface area (Å²) in [5, 5.41) is 7.16. The summed E-state index contributed by atoms with van der Waals surface area (Å²) in [7, 11) is 0. The molecule has 132 valence electrons. The van der Waals surface area contributed by atoms with Gasteiger partial charge in [-0.2, -0.15) is 0 Å². The summed E-state index contributed by atoms with van der Waals surface area (Å²) in [6.07, 6.45) is 10.9. The van der Waals surface area contributed by atoms with E-state index < -0.39 is 0 Å². The van der Waals surface area contributed by atoms with Gasteiger partial charge in [-0.3, -0.25) is 4.79 Å². The second-order valence-electron chi connectivity index (χ2n) is 8.85. The molecule has 0 saturated heterocycles. The van der Waals surface area contributed by atoms with Gasteiger partial charge >= 0.3 is 0 Å². The van der Waals surface area contributed by atoms with Gasteiger partial charge in [0, 0.05) is 18.5 Å². The van der Waals surface area contributed by atoms with E-state index in [1.54, 1.807) is 0 Å². The van der Waals surface area contributed by atoms with E-state index in [9.17, 15) is 4.79 Å². The molecule has 4 fully saturated rings. The molecule has 4 nitrogen and oxygen atoms in total. The van der Waals surface area contributed by atoms with Crippen LogP contribution in [0.1, 0.15) is 68.4 Å². The Hall–Kier alpha value is -1.32. The van der Waals surface area contributed by atoms with Gasteiger partial charge in [0.2, 0.25) is 5.91 Å². The van der Waals surface area contributed by atoms with Crippen molar-refractivity contribution in [3.05, 3.63) is 17.0 Å². The van der Waals surface area contributed by atoms with Gasteiger partial charge in [-0.05, 0) is 88.4 Å².